The summed E-state index contributed by atoms with van der Waals surface area (Å²) < 4.78 is 68.6. The van der Waals surface area contributed by atoms with Gasteiger partial charge in [0.2, 0.25) is 0 Å². The Kier molecular flexibility index (Phi) is 67.1. The van der Waals surface area contributed by atoms with Crippen molar-refractivity contribution in [1.29, 1.82) is 0 Å². The summed E-state index contributed by atoms with van der Waals surface area (Å²) in [7, 11) is -9.92. The molecule has 0 bridgehead atoms. The molecule has 0 fully saturated rings. The van der Waals surface area contributed by atoms with Crippen LogP contribution in [0, 0.1) is 17.8 Å². The quantitative estimate of drug-likeness (QED) is 0.0222. The van der Waals surface area contributed by atoms with E-state index in [1.54, 1.807) is 0 Å². The maximum Gasteiger partial charge on any atom is 0.472 e. The lowest BCUT2D eigenvalue weighted by molar-refractivity contribution is -0.161. The van der Waals surface area contributed by atoms with Crippen LogP contribution in [-0.4, -0.2) is 96.7 Å². The van der Waals surface area contributed by atoms with Crippen molar-refractivity contribution in [2.45, 2.75) is 420 Å². The van der Waals surface area contributed by atoms with Crippen LogP contribution in [0.1, 0.15) is 402 Å². The van der Waals surface area contributed by atoms with Gasteiger partial charge in [-0.15, -0.1) is 0 Å². The van der Waals surface area contributed by atoms with Gasteiger partial charge in [-0.25, -0.2) is 9.13 Å². The first kappa shape index (κ1) is 95.1. The molecule has 0 aromatic carbocycles. The first-order chi connectivity index (χ1) is 46.8. The summed E-state index contributed by atoms with van der Waals surface area (Å²) in [5.41, 5.74) is 0. The topological polar surface area (TPSA) is 237 Å². The van der Waals surface area contributed by atoms with Gasteiger partial charge in [-0.1, -0.05) is 350 Å². The Labute approximate surface area is 594 Å². The van der Waals surface area contributed by atoms with Crippen molar-refractivity contribution in [2.75, 3.05) is 39.6 Å². The van der Waals surface area contributed by atoms with Crippen molar-refractivity contribution in [3.05, 3.63) is 0 Å². The van der Waals surface area contributed by atoms with Gasteiger partial charge < -0.3 is 33.8 Å². The number of phosphoric acid groups is 2. The zero-order chi connectivity index (χ0) is 71.6. The number of carbonyl (C=O) groups excluding carboxylic acids is 4. The Morgan fingerprint density at radius 1 is 0.299 bits per heavy atom. The Balaban J connectivity index is 5.25. The second-order valence-electron chi connectivity index (χ2n) is 29.1. The first-order valence-electron chi connectivity index (χ1n) is 40.4. The van der Waals surface area contributed by atoms with Crippen molar-refractivity contribution >= 4 is 39.5 Å². The molecule has 0 saturated heterocycles. The van der Waals surface area contributed by atoms with Crippen LogP contribution < -0.4 is 0 Å². The SMILES string of the molecule is CCCCCCCCCCCCCCCCCCC(=O)OC[C@H](COP(=O)(O)OC[C@@H](O)COP(=O)(O)OC[C@@H](COC(=O)CCCCCCCCC(C)CC)OC(=O)CCCCCCCCCCCCC(C)C)OC(=O)CCCCCCCCCCCCCCCCC(C)CC. The first-order valence-corrected chi connectivity index (χ1v) is 43.4. The number of phosphoric ester groups is 2. The van der Waals surface area contributed by atoms with Crippen LogP contribution in [0.25, 0.3) is 0 Å². The number of ether oxygens (including phenoxy) is 4. The van der Waals surface area contributed by atoms with Gasteiger partial charge in [0.1, 0.15) is 19.3 Å². The highest BCUT2D eigenvalue weighted by molar-refractivity contribution is 7.47. The van der Waals surface area contributed by atoms with Crippen molar-refractivity contribution in [2.24, 2.45) is 17.8 Å². The average molecular weight is 1420 g/mol. The predicted octanol–water partition coefficient (Wildman–Crippen LogP) is 23.0. The van der Waals surface area contributed by atoms with Crippen LogP contribution in [0.5, 0.6) is 0 Å². The van der Waals surface area contributed by atoms with Gasteiger partial charge in [0.25, 0.3) is 0 Å². The van der Waals surface area contributed by atoms with Gasteiger partial charge in [-0.2, -0.15) is 0 Å². The molecule has 17 nitrogen and oxygen atoms in total. The lowest BCUT2D eigenvalue weighted by Gasteiger charge is -2.21. The molecule has 0 aliphatic heterocycles. The molecule has 19 heteroatoms. The van der Waals surface area contributed by atoms with E-state index in [1.165, 1.54) is 205 Å². The summed E-state index contributed by atoms with van der Waals surface area (Å²) in [6, 6.07) is 0. The summed E-state index contributed by atoms with van der Waals surface area (Å²) in [6.07, 6.45) is 55.4. The fourth-order valence-corrected chi connectivity index (χ4v) is 13.5. The van der Waals surface area contributed by atoms with E-state index in [-0.39, 0.29) is 25.7 Å². The zero-order valence-corrected chi connectivity index (χ0v) is 65.3. The van der Waals surface area contributed by atoms with Crippen LogP contribution in [0.2, 0.25) is 0 Å². The maximum absolute atomic E-state index is 13.1. The minimum Gasteiger partial charge on any atom is -0.462 e. The van der Waals surface area contributed by atoms with Crippen LogP contribution in [0.4, 0.5) is 0 Å². The number of aliphatic hydroxyl groups excluding tert-OH is 1. The molecule has 576 valence electrons. The summed E-state index contributed by atoms with van der Waals surface area (Å²) >= 11 is 0. The Bertz CT molecular complexity index is 1890. The molecule has 3 N–H and O–H groups in total. The third-order valence-corrected chi connectivity index (χ3v) is 20.8. The van der Waals surface area contributed by atoms with E-state index in [4.69, 9.17) is 37.0 Å². The van der Waals surface area contributed by atoms with E-state index in [9.17, 15) is 43.2 Å². The maximum atomic E-state index is 13.1. The third-order valence-electron chi connectivity index (χ3n) is 18.9. The van der Waals surface area contributed by atoms with Gasteiger partial charge in [0, 0.05) is 25.7 Å². The van der Waals surface area contributed by atoms with Crippen molar-refractivity contribution in [1.82, 2.24) is 0 Å². The van der Waals surface area contributed by atoms with Crippen molar-refractivity contribution < 1.29 is 80.2 Å². The summed E-state index contributed by atoms with van der Waals surface area (Å²) in [4.78, 5) is 72.9. The van der Waals surface area contributed by atoms with Crippen LogP contribution in [0.15, 0.2) is 0 Å². The summed E-state index contributed by atoms with van der Waals surface area (Å²) in [5, 5.41) is 10.6. The van der Waals surface area contributed by atoms with Crippen LogP contribution in [-0.2, 0) is 65.4 Å². The predicted molar refractivity (Wildman–Crippen MR) is 395 cm³/mol. The average Bonchev–Trinajstić information content (AvgIpc) is 1.47. The molecule has 97 heavy (non-hydrogen) atoms. The summed E-state index contributed by atoms with van der Waals surface area (Å²) in [5.74, 6) is 0.213. The van der Waals surface area contributed by atoms with Crippen molar-refractivity contribution in [3.63, 3.8) is 0 Å². The van der Waals surface area contributed by atoms with E-state index >= 15 is 0 Å². The lowest BCUT2D eigenvalue weighted by Crippen LogP contribution is -2.30. The highest BCUT2D eigenvalue weighted by Gasteiger charge is 2.30. The molecule has 0 saturated carbocycles. The fraction of sp³-hybridized carbons (Fsp3) is 0.949. The molecule has 0 radical (unpaired) electrons. The lowest BCUT2D eigenvalue weighted by atomic mass is 9.99. The van der Waals surface area contributed by atoms with Crippen LogP contribution in [0.3, 0.4) is 0 Å². The molecule has 0 aromatic heterocycles. The molecule has 7 atom stereocenters. The van der Waals surface area contributed by atoms with Crippen molar-refractivity contribution in [3.8, 4) is 0 Å². The van der Waals surface area contributed by atoms with E-state index in [2.05, 4.69) is 48.5 Å². The van der Waals surface area contributed by atoms with Gasteiger partial charge in [-0.05, 0) is 43.4 Å². The number of carbonyl (C=O) groups is 4. The zero-order valence-electron chi connectivity index (χ0n) is 63.5. The van der Waals surface area contributed by atoms with E-state index < -0.39 is 97.5 Å². The number of rotatable bonds is 76. The Morgan fingerprint density at radius 2 is 0.526 bits per heavy atom. The second kappa shape index (κ2) is 68.5. The van der Waals surface area contributed by atoms with E-state index in [0.29, 0.717) is 25.7 Å². The molecule has 0 aliphatic rings. The largest absolute Gasteiger partial charge is 0.472 e. The number of hydrogen-bond donors (Lipinski definition) is 3. The molecule has 0 spiro atoms. The molecular formula is C78H152O17P2. The molecule has 0 heterocycles. The Hall–Kier alpha value is -1.94. The monoisotopic (exact) mass is 1420 g/mol. The minimum absolute atomic E-state index is 0.105. The fourth-order valence-electron chi connectivity index (χ4n) is 11.9. The third kappa shape index (κ3) is 69.5. The standard InChI is InChI=1S/C78H152O17P2/c1-8-11-12-13-14-15-16-17-18-19-23-26-32-37-45-52-59-75(80)88-65-73(94-77(82)61-54-47-38-33-27-24-21-20-22-25-31-36-43-50-57-70(6)9-2)67-92-96(84,85)90-63-72(79)64-91-97(86,87)93-68-74(66-89-76(81)60-53-46-41-40-44-51-58-71(7)10-3)95-78(83)62-55-48-39-34-29-28-30-35-42-49-56-69(4)5/h69-74,79H,8-68H2,1-7H3,(H,84,85)(H,86,87)/t70?,71?,72-,73-,74-/m1/s1. The highest BCUT2D eigenvalue weighted by Crippen LogP contribution is 2.45. The minimum atomic E-state index is -4.96. The number of aliphatic hydroxyl groups is 1. The molecule has 0 aromatic rings. The normalized spacial score (nSPS) is 14.6. The number of hydrogen-bond acceptors (Lipinski definition) is 15. The molecule has 0 rings (SSSR count). The highest BCUT2D eigenvalue weighted by atomic mass is 31.2. The van der Waals surface area contributed by atoms with Gasteiger partial charge in [-0.3, -0.25) is 37.3 Å². The molecule has 4 unspecified atom stereocenters. The van der Waals surface area contributed by atoms with E-state index in [1.807, 2.05) is 0 Å². The number of unbranched alkanes of at least 4 members (excludes halogenated alkanes) is 42. The summed E-state index contributed by atoms with van der Waals surface area (Å²) in [6.45, 7) is 11.9. The van der Waals surface area contributed by atoms with Gasteiger partial charge >= 0.3 is 39.5 Å². The molecular weight excluding hydrogens is 1270 g/mol. The smallest absolute Gasteiger partial charge is 0.462 e. The second-order valence-corrected chi connectivity index (χ2v) is 32.0. The number of esters is 4. The van der Waals surface area contributed by atoms with Crippen LogP contribution >= 0.6 is 15.6 Å². The van der Waals surface area contributed by atoms with E-state index in [0.717, 1.165) is 114 Å². The Morgan fingerprint density at radius 3 is 0.784 bits per heavy atom. The van der Waals surface area contributed by atoms with Gasteiger partial charge in [0.15, 0.2) is 12.2 Å². The van der Waals surface area contributed by atoms with Gasteiger partial charge in [0.05, 0.1) is 26.4 Å². The molecule has 0 amide bonds. The molecule has 0 aliphatic carbocycles.